The van der Waals surface area contributed by atoms with E-state index in [0.717, 1.165) is 31.2 Å². The van der Waals surface area contributed by atoms with Crippen LogP contribution in [-0.4, -0.2) is 43.7 Å². The topological polar surface area (TPSA) is 110 Å². The fraction of sp³-hybridized carbons (Fsp3) is 0.636. The van der Waals surface area contributed by atoms with Crippen molar-refractivity contribution in [2.75, 3.05) is 13.1 Å². The summed E-state index contributed by atoms with van der Waals surface area (Å²) in [5, 5.41) is 2.76. The van der Waals surface area contributed by atoms with E-state index in [1.54, 1.807) is 6.07 Å². The summed E-state index contributed by atoms with van der Waals surface area (Å²) in [4.78, 5) is 24.7. The molecule has 1 heterocycles. The smallest absolute Gasteiger partial charge is 0.243 e. The van der Waals surface area contributed by atoms with Crippen molar-refractivity contribution in [1.82, 2.24) is 9.62 Å². The number of nitrogens with one attached hydrogen (secondary N) is 1. The lowest BCUT2D eigenvalue weighted by Gasteiger charge is -2.33. The van der Waals surface area contributed by atoms with Gasteiger partial charge in [0.15, 0.2) is 0 Å². The molecular weight excluding hydrogens is 402 g/mol. The number of nitrogens with two attached hydrogens (primary N) is 1. The molecule has 1 atom stereocenters. The lowest BCUT2D eigenvalue weighted by Crippen LogP contribution is -2.54. The van der Waals surface area contributed by atoms with Crippen molar-refractivity contribution < 1.29 is 18.0 Å². The number of aryl methyl sites for hydroxylation is 2. The third kappa shape index (κ3) is 4.86. The first kappa shape index (κ1) is 22.7. The van der Waals surface area contributed by atoms with E-state index in [1.165, 1.54) is 9.87 Å². The van der Waals surface area contributed by atoms with Crippen molar-refractivity contribution in [3.63, 3.8) is 0 Å². The van der Waals surface area contributed by atoms with Crippen molar-refractivity contribution in [2.24, 2.45) is 17.1 Å². The van der Waals surface area contributed by atoms with Crippen LogP contribution in [0.5, 0.6) is 0 Å². The zero-order valence-electron chi connectivity index (χ0n) is 18.1. The minimum atomic E-state index is -3.58. The number of carbonyl (C=O) groups excluding carboxylic acids is 2. The van der Waals surface area contributed by atoms with Gasteiger partial charge in [0.1, 0.15) is 6.04 Å². The third-order valence-corrected chi connectivity index (χ3v) is 8.11. The van der Waals surface area contributed by atoms with E-state index in [9.17, 15) is 18.0 Å². The molecule has 0 aromatic heterocycles. The number of sulfonamides is 1. The third-order valence-electron chi connectivity index (χ3n) is 6.22. The Morgan fingerprint density at radius 3 is 2.27 bits per heavy atom. The molecule has 1 aromatic carbocycles. The molecule has 0 spiro atoms. The number of carbonyl (C=O) groups is 2. The standard InChI is InChI=1S/C22H33N3O4S/c1-22(2,3)19(20(23)26)24-21(27)16-10-12-25(13-11-16)30(28,29)18-9-8-15-6-4-5-7-17(15)14-18/h8-9,14,16,19H,4-7,10-13H2,1-3H3,(H2,23,26)(H,24,27)/t19-/m1/s1. The monoisotopic (exact) mass is 435 g/mol. The van der Waals surface area contributed by atoms with Gasteiger partial charge in [0.25, 0.3) is 0 Å². The molecule has 1 fully saturated rings. The number of amides is 2. The normalized spacial score (nSPS) is 19.7. The van der Waals surface area contributed by atoms with Crippen LogP contribution in [-0.2, 0) is 32.5 Å². The summed E-state index contributed by atoms with van der Waals surface area (Å²) in [7, 11) is -3.58. The van der Waals surface area contributed by atoms with Gasteiger partial charge in [0.05, 0.1) is 4.90 Å². The Morgan fingerprint density at radius 1 is 1.10 bits per heavy atom. The summed E-state index contributed by atoms with van der Waals surface area (Å²) in [6.45, 7) is 6.10. The second-order valence-corrected chi connectivity index (χ2v) is 11.5. The molecule has 0 saturated carbocycles. The molecule has 3 rings (SSSR count). The van der Waals surface area contributed by atoms with Crippen molar-refractivity contribution in [1.29, 1.82) is 0 Å². The van der Waals surface area contributed by atoms with E-state index in [4.69, 9.17) is 5.73 Å². The van der Waals surface area contributed by atoms with Crippen LogP contribution in [0.1, 0.15) is 57.6 Å². The van der Waals surface area contributed by atoms with Gasteiger partial charge in [0, 0.05) is 19.0 Å². The summed E-state index contributed by atoms with van der Waals surface area (Å²) in [5.74, 6) is -1.13. The maximum absolute atomic E-state index is 13.1. The molecule has 0 unspecified atom stereocenters. The molecule has 1 aromatic rings. The molecule has 2 aliphatic rings. The van der Waals surface area contributed by atoms with E-state index in [2.05, 4.69) is 5.32 Å². The van der Waals surface area contributed by atoms with Crippen LogP contribution in [0.4, 0.5) is 0 Å². The van der Waals surface area contributed by atoms with Gasteiger partial charge in [-0.1, -0.05) is 26.8 Å². The molecular formula is C22H33N3O4S. The zero-order valence-corrected chi connectivity index (χ0v) is 18.9. The van der Waals surface area contributed by atoms with Crippen molar-refractivity contribution in [3.05, 3.63) is 29.3 Å². The number of benzene rings is 1. The predicted molar refractivity (Wildman–Crippen MR) is 115 cm³/mol. The van der Waals surface area contributed by atoms with Crippen molar-refractivity contribution in [3.8, 4) is 0 Å². The van der Waals surface area contributed by atoms with E-state index in [-0.39, 0.29) is 24.9 Å². The first-order valence-corrected chi connectivity index (χ1v) is 12.2. The van der Waals surface area contributed by atoms with Crippen molar-refractivity contribution >= 4 is 21.8 Å². The molecule has 0 radical (unpaired) electrons. The molecule has 1 saturated heterocycles. The van der Waals surface area contributed by atoms with Crippen LogP contribution >= 0.6 is 0 Å². The average molecular weight is 436 g/mol. The number of rotatable bonds is 5. The first-order valence-electron chi connectivity index (χ1n) is 10.7. The molecule has 7 nitrogen and oxygen atoms in total. The Kier molecular flexibility index (Phi) is 6.57. The quantitative estimate of drug-likeness (QED) is 0.737. The molecule has 30 heavy (non-hydrogen) atoms. The Bertz CT molecular complexity index is 913. The number of hydrogen-bond acceptors (Lipinski definition) is 4. The highest BCUT2D eigenvalue weighted by atomic mass is 32.2. The van der Waals surface area contributed by atoms with Crippen LogP contribution in [0.25, 0.3) is 0 Å². The van der Waals surface area contributed by atoms with E-state index >= 15 is 0 Å². The fourth-order valence-electron chi connectivity index (χ4n) is 4.35. The average Bonchev–Trinajstić information content (AvgIpc) is 2.70. The summed E-state index contributed by atoms with van der Waals surface area (Å²) in [5.41, 5.74) is 7.35. The van der Waals surface area contributed by atoms with Crippen LogP contribution in [0.15, 0.2) is 23.1 Å². The van der Waals surface area contributed by atoms with E-state index in [1.807, 2.05) is 32.9 Å². The second kappa shape index (κ2) is 8.67. The van der Waals surface area contributed by atoms with Gasteiger partial charge in [-0.05, 0) is 67.2 Å². The zero-order chi connectivity index (χ0) is 22.1. The Balaban J connectivity index is 1.64. The molecule has 8 heteroatoms. The van der Waals surface area contributed by atoms with Gasteiger partial charge in [-0.25, -0.2) is 8.42 Å². The number of fused-ring (bicyclic) bond motifs is 1. The van der Waals surface area contributed by atoms with Gasteiger partial charge in [-0.3, -0.25) is 9.59 Å². The molecule has 1 aliphatic carbocycles. The highest BCUT2D eigenvalue weighted by molar-refractivity contribution is 7.89. The highest BCUT2D eigenvalue weighted by Gasteiger charge is 2.36. The Morgan fingerprint density at radius 2 is 1.70 bits per heavy atom. The summed E-state index contributed by atoms with van der Waals surface area (Å²) < 4.78 is 27.7. The lowest BCUT2D eigenvalue weighted by atomic mass is 9.85. The SMILES string of the molecule is CC(C)(C)[C@H](NC(=O)C1CCN(S(=O)(=O)c2ccc3c(c2)CCCC3)CC1)C(N)=O. The van der Waals surface area contributed by atoms with Crippen LogP contribution in [0.2, 0.25) is 0 Å². The summed E-state index contributed by atoms with van der Waals surface area (Å²) in [6, 6.07) is 4.71. The number of nitrogens with zero attached hydrogens (tertiary/aromatic N) is 1. The summed E-state index contributed by atoms with van der Waals surface area (Å²) in [6.07, 6.45) is 5.03. The number of primary amides is 1. The minimum absolute atomic E-state index is 0.237. The molecule has 1 aliphatic heterocycles. The molecule has 166 valence electrons. The highest BCUT2D eigenvalue weighted by Crippen LogP contribution is 2.28. The van der Waals surface area contributed by atoms with Gasteiger partial charge in [-0.2, -0.15) is 4.31 Å². The largest absolute Gasteiger partial charge is 0.368 e. The van der Waals surface area contributed by atoms with Crippen molar-refractivity contribution in [2.45, 2.75) is 70.2 Å². The van der Waals surface area contributed by atoms with Crippen LogP contribution in [0.3, 0.4) is 0 Å². The first-order chi connectivity index (χ1) is 14.0. The maximum Gasteiger partial charge on any atom is 0.243 e. The molecule has 2 amide bonds. The number of hydrogen-bond donors (Lipinski definition) is 2. The predicted octanol–water partition coefficient (Wildman–Crippen LogP) is 1.98. The number of piperidine rings is 1. The van der Waals surface area contributed by atoms with E-state index < -0.39 is 27.4 Å². The van der Waals surface area contributed by atoms with Gasteiger partial charge in [-0.15, -0.1) is 0 Å². The molecule has 3 N–H and O–H groups in total. The molecule has 0 bridgehead atoms. The lowest BCUT2D eigenvalue weighted by molar-refractivity contribution is -0.132. The van der Waals surface area contributed by atoms with Gasteiger partial charge >= 0.3 is 0 Å². The van der Waals surface area contributed by atoms with Gasteiger partial charge in [0.2, 0.25) is 21.8 Å². The Labute approximate surface area is 179 Å². The fourth-order valence-corrected chi connectivity index (χ4v) is 5.87. The summed E-state index contributed by atoms with van der Waals surface area (Å²) >= 11 is 0. The Hall–Kier alpha value is -1.93. The van der Waals surface area contributed by atoms with E-state index in [0.29, 0.717) is 17.7 Å². The second-order valence-electron chi connectivity index (χ2n) is 9.53. The van der Waals surface area contributed by atoms with Crippen LogP contribution < -0.4 is 11.1 Å². The maximum atomic E-state index is 13.1. The van der Waals surface area contributed by atoms with Crippen LogP contribution in [0, 0.1) is 11.3 Å². The minimum Gasteiger partial charge on any atom is -0.368 e. The van der Waals surface area contributed by atoms with Gasteiger partial charge < -0.3 is 11.1 Å².